The Morgan fingerprint density at radius 2 is 1.73 bits per heavy atom. The van der Waals surface area contributed by atoms with E-state index in [-0.39, 0.29) is 18.4 Å². The number of ether oxygens (including phenoxy) is 1. The highest BCUT2D eigenvalue weighted by Gasteiger charge is 1.90. The average molecular weight is 248 g/mol. The first-order chi connectivity index (χ1) is 5.77. The number of rotatable bonds is 4. The van der Waals surface area contributed by atoms with Gasteiger partial charge >= 0.3 is 10.4 Å². The molecule has 9 heteroatoms. The van der Waals surface area contributed by atoms with Crippen molar-refractivity contribution in [3.05, 3.63) is 12.7 Å². The molecule has 1 atom stereocenters. The summed E-state index contributed by atoms with van der Waals surface area (Å²) in [4.78, 5) is 0. The molecule has 0 radical (unpaired) electrons. The fourth-order valence-corrected chi connectivity index (χ4v) is 0.322. The number of aliphatic hydroxyl groups excluding tert-OH is 1. The summed E-state index contributed by atoms with van der Waals surface area (Å²) in [5.41, 5.74) is 0. The molecule has 8 nitrogen and oxygen atoms in total. The van der Waals surface area contributed by atoms with E-state index in [0.717, 1.165) is 0 Å². The third-order valence-corrected chi connectivity index (χ3v) is 0.595. The van der Waals surface area contributed by atoms with Crippen molar-refractivity contribution in [2.45, 2.75) is 13.0 Å². The van der Waals surface area contributed by atoms with Crippen molar-refractivity contribution in [2.24, 2.45) is 0 Å². The van der Waals surface area contributed by atoms with Crippen LogP contribution in [0.15, 0.2) is 12.7 Å². The van der Waals surface area contributed by atoms with Gasteiger partial charge in [-0.15, -0.1) is 6.58 Å². The molecule has 1 unspecified atom stereocenters. The molecule has 0 bridgehead atoms. The second-order valence-electron chi connectivity index (χ2n) is 2.12. The smallest absolute Gasteiger partial charge is 0.391 e. The number of hydrogen-bond donors (Lipinski definition) is 5. The Balaban J connectivity index is -0.0000000770. The maximum atomic E-state index is 8.74. The Kier molecular flexibility index (Phi) is 21.5. The van der Waals surface area contributed by atoms with Crippen LogP contribution in [0.25, 0.3) is 0 Å². The zero-order valence-corrected chi connectivity index (χ0v) is 9.48. The zero-order chi connectivity index (χ0) is 10.9. The molecule has 0 fully saturated rings. The first kappa shape index (κ1) is 23.9. The maximum Gasteiger partial charge on any atom is 0.394 e. The Labute approximate surface area is 89.7 Å². The lowest BCUT2D eigenvalue weighted by atomic mass is 10.4. The van der Waals surface area contributed by atoms with Crippen LogP contribution in [0.2, 0.25) is 0 Å². The van der Waals surface area contributed by atoms with Crippen LogP contribution in [0.4, 0.5) is 0 Å². The number of hydrogen-bond acceptors (Lipinski definition) is 6. The average Bonchev–Trinajstić information content (AvgIpc) is 1.83. The van der Waals surface area contributed by atoms with E-state index >= 15 is 0 Å². The summed E-state index contributed by atoms with van der Waals surface area (Å²) in [5, 5.41) is 8.62. The Morgan fingerprint density at radius 3 is 1.93 bits per heavy atom. The molecule has 0 aromatic carbocycles. The molecule has 9 N–H and O–H groups in total. The van der Waals surface area contributed by atoms with Crippen molar-refractivity contribution in [3.63, 3.8) is 0 Å². The fourth-order valence-electron chi connectivity index (χ4n) is 0.322. The Morgan fingerprint density at radius 1 is 1.40 bits per heavy atom. The lowest BCUT2D eigenvalue weighted by Gasteiger charge is -2.01. The maximum absolute atomic E-state index is 8.74. The minimum Gasteiger partial charge on any atom is -0.391 e. The first-order valence-corrected chi connectivity index (χ1v) is 4.73. The van der Waals surface area contributed by atoms with E-state index in [0.29, 0.717) is 13.2 Å². The highest BCUT2D eigenvalue weighted by molar-refractivity contribution is 7.79. The van der Waals surface area contributed by atoms with E-state index in [1.165, 1.54) is 0 Å². The Bertz CT molecular complexity index is 208. The summed E-state index contributed by atoms with van der Waals surface area (Å²) in [6, 6.07) is 0. The largest absolute Gasteiger partial charge is 0.394 e. The molecule has 0 aliphatic carbocycles. The van der Waals surface area contributed by atoms with Crippen LogP contribution in [0.3, 0.4) is 0 Å². The van der Waals surface area contributed by atoms with Gasteiger partial charge in [-0.3, -0.25) is 9.11 Å². The molecule has 0 rings (SSSR count). The van der Waals surface area contributed by atoms with Gasteiger partial charge < -0.3 is 22.1 Å². The summed E-state index contributed by atoms with van der Waals surface area (Å²) >= 11 is 0. The molecule has 0 spiro atoms. The quantitative estimate of drug-likeness (QED) is 0.267. The summed E-state index contributed by atoms with van der Waals surface area (Å²) < 4.78 is 36.5. The topological polar surface area (TPSA) is 174 Å². The normalized spacial score (nSPS) is 10.9. The lowest BCUT2D eigenvalue weighted by Crippen LogP contribution is -2.09. The van der Waals surface area contributed by atoms with E-state index in [2.05, 4.69) is 6.58 Å². The molecule has 0 aliphatic rings. The molecule has 0 heterocycles. The van der Waals surface area contributed by atoms with Crippen LogP contribution in [0, 0.1) is 0 Å². The van der Waals surface area contributed by atoms with Gasteiger partial charge in [0.25, 0.3) is 0 Å². The third kappa shape index (κ3) is 89.0. The van der Waals surface area contributed by atoms with Crippen molar-refractivity contribution in [3.8, 4) is 0 Å². The third-order valence-electron chi connectivity index (χ3n) is 0.595. The zero-order valence-electron chi connectivity index (χ0n) is 8.66. The van der Waals surface area contributed by atoms with Crippen molar-refractivity contribution < 1.29 is 27.4 Å². The molecule has 0 aromatic heterocycles. The second kappa shape index (κ2) is 13.4. The minimum absolute atomic E-state index is 0. The second-order valence-corrected chi connectivity index (χ2v) is 3.02. The summed E-state index contributed by atoms with van der Waals surface area (Å²) in [6.45, 7) is 6.05. The van der Waals surface area contributed by atoms with Gasteiger partial charge in [0.05, 0.1) is 19.3 Å². The van der Waals surface area contributed by atoms with E-state index in [4.69, 9.17) is 27.4 Å². The molecule has 0 saturated heterocycles. The molecule has 96 valence electrons. The summed E-state index contributed by atoms with van der Waals surface area (Å²) in [7, 11) is -4.67. The van der Waals surface area contributed by atoms with Crippen LogP contribution in [0.1, 0.15) is 6.92 Å². The number of aliphatic hydroxyl groups is 1. The first-order valence-electron chi connectivity index (χ1n) is 3.34. The van der Waals surface area contributed by atoms with Gasteiger partial charge in [0.1, 0.15) is 0 Å². The van der Waals surface area contributed by atoms with Gasteiger partial charge in [-0.25, -0.2) is 0 Å². The molecule has 0 aliphatic heterocycles. The van der Waals surface area contributed by atoms with Gasteiger partial charge in [0.2, 0.25) is 0 Å². The van der Waals surface area contributed by atoms with Crippen LogP contribution in [0.5, 0.6) is 0 Å². The lowest BCUT2D eigenvalue weighted by molar-refractivity contribution is 0.0599. The highest BCUT2D eigenvalue weighted by Crippen LogP contribution is 1.81. The minimum atomic E-state index is -4.67. The van der Waals surface area contributed by atoms with Crippen LogP contribution in [-0.2, 0) is 15.1 Å². The molecule has 0 aromatic rings. The van der Waals surface area contributed by atoms with E-state index in [1.807, 2.05) is 0 Å². The van der Waals surface area contributed by atoms with Gasteiger partial charge in [0, 0.05) is 0 Å². The van der Waals surface area contributed by atoms with Crippen molar-refractivity contribution >= 4 is 10.4 Å². The van der Waals surface area contributed by atoms with Crippen LogP contribution < -0.4 is 12.3 Å². The predicted octanol–water partition coefficient (Wildman–Crippen LogP) is 0.241. The van der Waals surface area contributed by atoms with Gasteiger partial charge in [-0.2, -0.15) is 8.42 Å². The fraction of sp³-hybridized carbons (Fsp3) is 0.667. The molecule has 0 amide bonds. The summed E-state index contributed by atoms with van der Waals surface area (Å²) in [6.07, 6.45) is 1.29. The van der Waals surface area contributed by atoms with Crippen molar-refractivity contribution in [2.75, 3.05) is 13.2 Å². The van der Waals surface area contributed by atoms with E-state index in [1.54, 1.807) is 13.0 Å². The van der Waals surface area contributed by atoms with E-state index in [9.17, 15) is 0 Å². The summed E-state index contributed by atoms with van der Waals surface area (Å²) in [5.74, 6) is 0. The van der Waals surface area contributed by atoms with E-state index < -0.39 is 10.4 Å². The van der Waals surface area contributed by atoms with Gasteiger partial charge in [-0.05, 0) is 6.92 Å². The predicted molar refractivity (Wildman–Crippen MR) is 56.9 cm³/mol. The SMILES string of the molecule is C=CCOCC(C)O.N.N.O=S(=O)(O)O. The van der Waals surface area contributed by atoms with Crippen LogP contribution in [-0.4, -0.2) is 41.9 Å². The van der Waals surface area contributed by atoms with Crippen molar-refractivity contribution in [1.82, 2.24) is 12.3 Å². The standard InChI is InChI=1S/C6H12O2.2H3N.H2O4S/c1-3-4-8-5-6(2)7;;;1-5(2,3)4/h3,6-7H,1,4-5H2,2H3;2*1H3;(H2,1,2,3,4). The van der Waals surface area contributed by atoms with Crippen molar-refractivity contribution in [1.29, 1.82) is 0 Å². The molecule has 0 saturated carbocycles. The molecular weight excluding hydrogens is 228 g/mol. The van der Waals surface area contributed by atoms with Gasteiger partial charge in [-0.1, -0.05) is 6.08 Å². The molecule has 15 heavy (non-hydrogen) atoms. The highest BCUT2D eigenvalue weighted by atomic mass is 32.3. The van der Waals surface area contributed by atoms with Gasteiger partial charge in [0.15, 0.2) is 0 Å². The monoisotopic (exact) mass is 248 g/mol. The Hall–Kier alpha value is -0.550. The molecular formula is C6H20N2O6S. The van der Waals surface area contributed by atoms with Crippen LogP contribution >= 0.6 is 0 Å².